The first kappa shape index (κ1) is 14.6. The molecule has 0 rings (SSSR count). The first-order valence-electron chi connectivity index (χ1n) is 3.14. The van der Waals surface area contributed by atoms with Gasteiger partial charge >= 0.3 is 66.4 Å². The number of carboxylic acids is 1. The molecule has 0 aliphatic heterocycles. The third-order valence-electron chi connectivity index (χ3n) is 0.637. The second kappa shape index (κ2) is 7.75. The van der Waals surface area contributed by atoms with E-state index < -0.39 is 16.1 Å². The zero-order chi connectivity index (χ0) is 10.2. The Bertz CT molecular complexity index is 232. The molecule has 0 unspecified atom stereocenters. The number of carboxylic acid groups (broad SMARTS) is 1. The van der Waals surface area contributed by atoms with Crippen molar-refractivity contribution in [2.45, 2.75) is 3.67 Å². The topological polar surface area (TPSA) is 91.7 Å². The van der Waals surface area contributed by atoms with E-state index in [2.05, 4.69) is 6.58 Å². The average Bonchev–Trinajstić information content (AvgIpc) is 1.86. The molecule has 12 heavy (non-hydrogen) atoms. The zero-order valence-electron chi connectivity index (χ0n) is 6.73. The molecule has 0 saturated carbocycles. The van der Waals surface area contributed by atoms with Crippen LogP contribution < -0.4 is 0 Å². The molecule has 66 valence electrons. The first-order chi connectivity index (χ1) is 5.33. The minimum atomic E-state index is -3.64. The fourth-order valence-corrected chi connectivity index (χ4v) is 2.32. The third kappa shape index (κ3) is 22.5. The van der Waals surface area contributed by atoms with Gasteiger partial charge in [0.15, 0.2) is 0 Å². The fraction of sp³-hybridized carbons (Fsp3) is 0.400. The Morgan fingerprint density at radius 3 is 1.92 bits per heavy atom. The first-order valence-corrected chi connectivity index (χ1v) is 6.16. The van der Waals surface area contributed by atoms with Crippen LogP contribution in [0.15, 0.2) is 12.7 Å². The van der Waals surface area contributed by atoms with E-state index in [1.165, 1.54) is 0 Å². The molecule has 0 aromatic carbocycles. The van der Waals surface area contributed by atoms with E-state index >= 15 is 0 Å². The van der Waals surface area contributed by atoms with Crippen molar-refractivity contribution in [2.75, 3.05) is 5.75 Å². The van der Waals surface area contributed by atoms with Gasteiger partial charge in [0.25, 0.3) is 0 Å². The Labute approximate surface area is 88.6 Å². The Kier molecular flexibility index (Phi) is 9.45. The molecule has 0 radical (unpaired) electrons. The summed E-state index contributed by atoms with van der Waals surface area (Å²) in [5, 5.41) is 7.60. The summed E-state index contributed by atoms with van der Waals surface area (Å²) >= 11 is 0.831. The molecule has 0 aliphatic rings. The standard InChI is InChI=1S/C3H4O2.C2H5O3S.Na/c1-2-3(4)5;1-2-6(3,4)5;/h2H,1H2,(H,4,5);1-2H2,(H,3,4,5);. The molecule has 0 aromatic rings. The molecule has 0 amide bonds. The van der Waals surface area contributed by atoms with Crippen LogP contribution in [-0.2, 0) is 14.9 Å². The van der Waals surface area contributed by atoms with E-state index in [4.69, 9.17) is 9.66 Å². The van der Waals surface area contributed by atoms with Gasteiger partial charge in [0.2, 0.25) is 0 Å². The van der Waals surface area contributed by atoms with Crippen LogP contribution in [0.4, 0.5) is 0 Å². The molecule has 0 heterocycles. The van der Waals surface area contributed by atoms with E-state index in [1.54, 1.807) is 0 Å². The van der Waals surface area contributed by atoms with E-state index in [0.29, 0.717) is 3.67 Å². The normalized spacial score (nSPS) is 9.58. The predicted octanol–water partition coefficient (Wildman–Crippen LogP) is -0.282. The van der Waals surface area contributed by atoms with Gasteiger partial charge in [-0.3, -0.25) is 0 Å². The molecule has 2 N–H and O–H groups in total. The van der Waals surface area contributed by atoms with E-state index in [-0.39, 0.29) is 5.75 Å². The number of hydrogen-bond acceptors (Lipinski definition) is 3. The van der Waals surface area contributed by atoms with Crippen molar-refractivity contribution in [3.63, 3.8) is 0 Å². The molecule has 0 aromatic heterocycles. The monoisotopic (exact) mass is 204 g/mol. The molecule has 7 heteroatoms. The van der Waals surface area contributed by atoms with Crippen molar-refractivity contribution >= 4 is 44.0 Å². The van der Waals surface area contributed by atoms with Crippen molar-refractivity contribution in [2.24, 2.45) is 0 Å². The fourth-order valence-electron chi connectivity index (χ4n) is 0.258. The molecule has 0 saturated heterocycles. The molecule has 0 aliphatic carbocycles. The summed E-state index contributed by atoms with van der Waals surface area (Å²) in [7, 11) is -3.64. The van der Waals surface area contributed by atoms with Gasteiger partial charge in [-0.2, -0.15) is 0 Å². The van der Waals surface area contributed by atoms with Crippen LogP contribution >= 0.6 is 0 Å². The number of rotatable bonds is 3. The van der Waals surface area contributed by atoms with Crippen molar-refractivity contribution in [1.82, 2.24) is 0 Å². The quantitative estimate of drug-likeness (QED) is 0.374. The van der Waals surface area contributed by atoms with Crippen LogP contribution in [0.1, 0.15) is 0 Å². The molecular formula is C5H9NaO5S. The van der Waals surface area contributed by atoms with E-state index in [9.17, 15) is 13.2 Å². The Morgan fingerprint density at radius 1 is 1.58 bits per heavy atom. The summed E-state index contributed by atoms with van der Waals surface area (Å²) in [6, 6.07) is 0. The zero-order valence-corrected chi connectivity index (χ0v) is 9.54. The van der Waals surface area contributed by atoms with Crippen molar-refractivity contribution in [3.8, 4) is 0 Å². The third-order valence-corrected chi connectivity index (χ3v) is 2.79. The van der Waals surface area contributed by atoms with Crippen molar-refractivity contribution < 1.29 is 22.9 Å². The van der Waals surface area contributed by atoms with Crippen LogP contribution in [0.3, 0.4) is 0 Å². The predicted molar refractivity (Wildman–Crippen MR) is 44.8 cm³/mol. The Morgan fingerprint density at radius 2 is 1.92 bits per heavy atom. The maximum absolute atomic E-state index is 9.81. The number of aliphatic carboxylic acids is 1. The summed E-state index contributed by atoms with van der Waals surface area (Å²) < 4.78 is 28.2. The number of hydrogen-bond donors (Lipinski definition) is 2. The second-order valence-electron chi connectivity index (χ2n) is 1.83. The Balaban J connectivity index is 0. The number of carbonyl (C=O) groups is 1. The molecule has 5 nitrogen and oxygen atoms in total. The van der Waals surface area contributed by atoms with Crippen LogP contribution in [-0.4, -0.2) is 57.7 Å². The van der Waals surface area contributed by atoms with Crippen LogP contribution in [0.2, 0.25) is 3.67 Å². The van der Waals surface area contributed by atoms with Crippen molar-refractivity contribution in [3.05, 3.63) is 12.7 Å². The summed E-state index contributed by atoms with van der Waals surface area (Å²) in [4.78, 5) is 9.25. The molecule has 0 spiro atoms. The van der Waals surface area contributed by atoms with Gasteiger partial charge < -0.3 is 5.11 Å². The van der Waals surface area contributed by atoms with Gasteiger partial charge in [-0.05, 0) is 0 Å². The summed E-state index contributed by atoms with van der Waals surface area (Å²) in [6.45, 7) is 2.96. The Hall–Kier alpha value is 0.120. The SMILES string of the molecule is C=CC(=O)O.O=S(=O)(O)C[CH2][Na]. The summed E-state index contributed by atoms with van der Waals surface area (Å²) in [6.07, 6.45) is 0.833. The maximum atomic E-state index is 9.81. The summed E-state index contributed by atoms with van der Waals surface area (Å²) in [5.74, 6) is -1.05. The van der Waals surface area contributed by atoms with Gasteiger partial charge in [0.05, 0.1) is 0 Å². The van der Waals surface area contributed by atoms with Gasteiger partial charge in [0.1, 0.15) is 0 Å². The summed E-state index contributed by atoms with van der Waals surface area (Å²) in [5.41, 5.74) is 0. The van der Waals surface area contributed by atoms with Gasteiger partial charge in [-0.15, -0.1) is 0 Å². The molecule has 0 bridgehead atoms. The van der Waals surface area contributed by atoms with Crippen LogP contribution in [0, 0.1) is 0 Å². The van der Waals surface area contributed by atoms with Gasteiger partial charge in [0, 0.05) is 6.08 Å². The average molecular weight is 204 g/mol. The van der Waals surface area contributed by atoms with Crippen molar-refractivity contribution in [1.29, 1.82) is 0 Å². The van der Waals surface area contributed by atoms with Crippen LogP contribution in [0.5, 0.6) is 0 Å². The van der Waals surface area contributed by atoms with E-state index in [0.717, 1.165) is 34.0 Å². The molecule has 0 fully saturated rings. The van der Waals surface area contributed by atoms with Crippen LogP contribution in [0.25, 0.3) is 0 Å². The molecule has 0 atom stereocenters. The van der Waals surface area contributed by atoms with Gasteiger partial charge in [-0.1, -0.05) is 6.58 Å². The second-order valence-corrected chi connectivity index (χ2v) is 4.40. The minimum absolute atomic E-state index is 0.0702. The van der Waals surface area contributed by atoms with E-state index in [1.807, 2.05) is 0 Å². The molecular weight excluding hydrogens is 195 g/mol. The van der Waals surface area contributed by atoms with Gasteiger partial charge in [-0.25, -0.2) is 4.79 Å².